The Kier molecular flexibility index (Phi) is 5.51. The summed E-state index contributed by atoms with van der Waals surface area (Å²) in [4.78, 5) is 15.5. The molecule has 6 nitrogen and oxygen atoms in total. The number of aryl methyl sites for hydroxylation is 1. The molecule has 0 aliphatic carbocycles. The molecule has 3 fully saturated rings. The first-order valence-corrected chi connectivity index (χ1v) is 11.9. The maximum atomic E-state index is 13.3. The molecule has 1 atom stereocenters. The summed E-state index contributed by atoms with van der Waals surface area (Å²) in [7, 11) is -3.61. The van der Waals surface area contributed by atoms with Gasteiger partial charge in [0, 0.05) is 44.8 Å². The van der Waals surface area contributed by atoms with E-state index in [0.717, 1.165) is 50.8 Å². The van der Waals surface area contributed by atoms with Crippen LogP contribution in [0, 0.1) is 11.3 Å². The van der Waals surface area contributed by atoms with Crippen molar-refractivity contribution in [2.24, 2.45) is 11.3 Å². The monoisotopic (exact) mass is 406 g/mol. The highest BCUT2D eigenvalue weighted by Gasteiger charge is 2.54. The third kappa shape index (κ3) is 3.48. The predicted molar refractivity (Wildman–Crippen MR) is 106 cm³/mol. The Hall–Kier alpha value is -1.44. The second kappa shape index (κ2) is 7.76. The summed E-state index contributed by atoms with van der Waals surface area (Å²) in [5.74, 6) is -0.127. The van der Waals surface area contributed by atoms with Crippen LogP contribution in [0.3, 0.4) is 0 Å². The quantitative estimate of drug-likeness (QED) is 0.769. The Labute approximate surface area is 167 Å². The van der Waals surface area contributed by atoms with Crippen molar-refractivity contribution >= 4 is 15.9 Å². The lowest BCUT2D eigenvalue weighted by atomic mass is 9.71. The molecule has 7 heteroatoms. The number of benzene rings is 1. The van der Waals surface area contributed by atoms with Crippen LogP contribution >= 0.6 is 0 Å². The van der Waals surface area contributed by atoms with E-state index in [1.165, 1.54) is 0 Å². The molecular weight excluding hydrogens is 376 g/mol. The summed E-state index contributed by atoms with van der Waals surface area (Å²) in [6.07, 6.45) is 4.45. The number of carbonyl (C=O) groups excluding carboxylic acids is 1. The van der Waals surface area contributed by atoms with Gasteiger partial charge in [0.2, 0.25) is 15.9 Å². The van der Waals surface area contributed by atoms with Crippen LogP contribution < -0.4 is 0 Å². The fourth-order valence-electron chi connectivity index (χ4n) is 4.93. The number of rotatable bonds is 4. The second-order valence-corrected chi connectivity index (χ2v) is 10.3. The van der Waals surface area contributed by atoms with Gasteiger partial charge in [-0.05, 0) is 49.8 Å². The highest BCUT2D eigenvalue weighted by Crippen LogP contribution is 2.46. The Morgan fingerprint density at radius 3 is 2.39 bits per heavy atom. The van der Waals surface area contributed by atoms with Gasteiger partial charge in [0.25, 0.3) is 0 Å². The van der Waals surface area contributed by atoms with E-state index in [-0.39, 0.29) is 23.8 Å². The fraction of sp³-hybridized carbons (Fsp3) is 0.667. The fourth-order valence-corrected chi connectivity index (χ4v) is 6.49. The van der Waals surface area contributed by atoms with Crippen molar-refractivity contribution in [3.05, 3.63) is 29.8 Å². The van der Waals surface area contributed by atoms with Crippen molar-refractivity contribution in [3.8, 4) is 0 Å². The van der Waals surface area contributed by atoms with Gasteiger partial charge in [-0.1, -0.05) is 19.1 Å². The van der Waals surface area contributed by atoms with Crippen LogP contribution in [0.5, 0.6) is 0 Å². The zero-order valence-corrected chi connectivity index (χ0v) is 17.4. The smallest absolute Gasteiger partial charge is 0.243 e. The zero-order valence-electron chi connectivity index (χ0n) is 16.6. The Bertz CT molecular complexity index is 809. The molecule has 0 saturated carbocycles. The number of likely N-dealkylation sites (tertiary alicyclic amines) is 1. The number of sulfonamides is 1. The molecule has 1 aromatic carbocycles. The summed E-state index contributed by atoms with van der Waals surface area (Å²) in [5.41, 5.74) is 0.817. The van der Waals surface area contributed by atoms with Crippen LogP contribution in [0.25, 0.3) is 0 Å². The van der Waals surface area contributed by atoms with Crippen molar-refractivity contribution in [3.63, 3.8) is 0 Å². The molecule has 0 aromatic heterocycles. The first-order valence-electron chi connectivity index (χ1n) is 10.4. The van der Waals surface area contributed by atoms with E-state index in [0.29, 0.717) is 24.7 Å². The topological polar surface area (TPSA) is 66.9 Å². The number of hydrogen-bond acceptors (Lipinski definition) is 4. The van der Waals surface area contributed by atoms with E-state index in [9.17, 15) is 13.2 Å². The SMILES string of the molecule is CCc1ccc(S(=O)(=O)N2C[C@@H](C(=O)N3CCCC3)C3(CCOCC3)C2)cc1. The van der Waals surface area contributed by atoms with Crippen molar-refractivity contribution < 1.29 is 17.9 Å². The van der Waals surface area contributed by atoms with Gasteiger partial charge < -0.3 is 9.64 Å². The average Bonchev–Trinajstić information content (AvgIpc) is 3.37. The molecule has 1 amide bonds. The van der Waals surface area contributed by atoms with Crippen LogP contribution in [-0.4, -0.2) is 62.9 Å². The molecular formula is C21H30N2O4S. The molecule has 3 heterocycles. The molecule has 0 unspecified atom stereocenters. The van der Waals surface area contributed by atoms with E-state index in [2.05, 4.69) is 0 Å². The van der Waals surface area contributed by atoms with Crippen molar-refractivity contribution in [2.45, 2.75) is 43.9 Å². The van der Waals surface area contributed by atoms with E-state index in [4.69, 9.17) is 4.74 Å². The van der Waals surface area contributed by atoms with E-state index in [1.54, 1.807) is 16.4 Å². The number of nitrogens with zero attached hydrogens (tertiary/aromatic N) is 2. The molecule has 3 saturated heterocycles. The Morgan fingerprint density at radius 2 is 1.79 bits per heavy atom. The number of hydrogen-bond donors (Lipinski definition) is 0. The maximum absolute atomic E-state index is 13.3. The summed E-state index contributed by atoms with van der Waals surface area (Å²) < 4.78 is 33.7. The molecule has 3 aliphatic rings. The molecule has 1 aromatic rings. The van der Waals surface area contributed by atoms with Gasteiger partial charge in [0.05, 0.1) is 10.8 Å². The summed E-state index contributed by atoms with van der Waals surface area (Å²) in [6, 6.07) is 7.14. The Balaban J connectivity index is 1.62. The van der Waals surface area contributed by atoms with Crippen molar-refractivity contribution in [2.75, 3.05) is 39.4 Å². The molecule has 1 spiro atoms. The third-order valence-corrected chi connectivity index (χ3v) is 8.62. The number of carbonyl (C=O) groups is 1. The summed E-state index contributed by atoms with van der Waals surface area (Å²) in [5, 5.41) is 0. The van der Waals surface area contributed by atoms with Crippen LogP contribution in [-0.2, 0) is 26.0 Å². The summed E-state index contributed by atoms with van der Waals surface area (Å²) >= 11 is 0. The van der Waals surface area contributed by atoms with Crippen LogP contribution in [0.2, 0.25) is 0 Å². The molecule has 28 heavy (non-hydrogen) atoms. The van der Waals surface area contributed by atoms with Gasteiger partial charge in [-0.15, -0.1) is 0 Å². The summed E-state index contributed by atoms with van der Waals surface area (Å²) in [6.45, 7) is 5.55. The largest absolute Gasteiger partial charge is 0.381 e. The number of amides is 1. The van der Waals surface area contributed by atoms with Crippen LogP contribution in [0.15, 0.2) is 29.2 Å². The zero-order chi connectivity index (χ0) is 19.8. The van der Waals surface area contributed by atoms with Gasteiger partial charge in [-0.3, -0.25) is 4.79 Å². The van der Waals surface area contributed by atoms with Gasteiger partial charge >= 0.3 is 0 Å². The van der Waals surface area contributed by atoms with E-state index >= 15 is 0 Å². The predicted octanol–water partition coefficient (Wildman–Crippen LogP) is 2.29. The number of ether oxygens (including phenoxy) is 1. The van der Waals surface area contributed by atoms with E-state index in [1.807, 2.05) is 24.0 Å². The second-order valence-electron chi connectivity index (χ2n) is 8.35. The normalized spacial score (nSPS) is 25.5. The van der Waals surface area contributed by atoms with Crippen molar-refractivity contribution in [1.82, 2.24) is 9.21 Å². The molecule has 154 valence electrons. The lowest BCUT2D eigenvalue weighted by molar-refractivity contribution is -0.139. The standard InChI is InChI=1S/C21H30N2O4S/c1-2-17-5-7-18(8-6-17)28(25,26)23-15-19(20(24)22-11-3-4-12-22)21(16-23)9-13-27-14-10-21/h5-8,19H,2-4,9-16H2,1H3/t19-/m0/s1. The Morgan fingerprint density at radius 1 is 1.14 bits per heavy atom. The van der Waals surface area contributed by atoms with Crippen molar-refractivity contribution in [1.29, 1.82) is 0 Å². The minimum absolute atomic E-state index is 0.137. The first kappa shape index (κ1) is 19.9. The molecule has 0 bridgehead atoms. The minimum atomic E-state index is -3.61. The third-order valence-electron chi connectivity index (χ3n) is 6.79. The van der Waals surface area contributed by atoms with Gasteiger partial charge in [-0.2, -0.15) is 4.31 Å². The molecule has 3 aliphatic heterocycles. The highest BCUT2D eigenvalue weighted by molar-refractivity contribution is 7.89. The lowest BCUT2D eigenvalue weighted by Gasteiger charge is -2.38. The minimum Gasteiger partial charge on any atom is -0.381 e. The maximum Gasteiger partial charge on any atom is 0.243 e. The van der Waals surface area contributed by atoms with Gasteiger partial charge in [-0.25, -0.2) is 8.42 Å². The first-order chi connectivity index (χ1) is 13.5. The van der Waals surface area contributed by atoms with Crippen LogP contribution in [0.1, 0.15) is 38.2 Å². The van der Waals surface area contributed by atoms with Gasteiger partial charge in [0.1, 0.15) is 0 Å². The van der Waals surface area contributed by atoms with Crippen LogP contribution in [0.4, 0.5) is 0 Å². The highest BCUT2D eigenvalue weighted by atomic mass is 32.2. The van der Waals surface area contributed by atoms with E-state index < -0.39 is 10.0 Å². The molecule has 0 N–H and O–H groups in total. The lowest BCUT2D eigenvalue weighted by Crippen LogP contribution is -2.45. The average molecular weight is 407 g/mol. The molecule has 0 radical (unpaired) electrons. The molecule has 4 rings (SSSR count). The van der Waals surface area contributed by atoms with Gasteiger partial charge in [0.15, 0.2) is 0 Å².